The van der Waals surface area contributed by atoms with Crippen LogP contribution in [0.15, 0.2) is 78.9 Å². The van der Waals surface area contributed by atoms with E-state index in [0.717, 1.165) is 41.0 Å². The van der Waals surface area contributed by atoms with Crippen LogP contribution in [0.3, 0.4) is 0 Å². The number of aromatic nitrogens is 1. The molecular formula is C29H30N2O3. The molecule has 1 saturated heterocycles. The van der Waals surface area contributed by atoms with E-state index >= 15 is 0 Å². The number of likely N-dealkylation sites (tertiary alicyclic amines) is 1. The van der Waals surface area contributed by atoms with E-state index in [1.54, 1.807) is 0 Å². The molecule has 1 aromatic heterocycles. The summed E-state index contributed by atoms with van der Waals surface area (Å²) in [5.74, 6) is 0.437. The molecule has 3 aromatic carbocycles. The minimum Gasteiger partial charge on any atom is -0.492 e. The average molecular weight is 455 g/mol. The predicted octanol–water partition coefficient (Wildman–Crippen LogP) is 6.05. The maximum absolute atomic E-state index is 12.9. The van der Waals surface area contributed by atoms with Crippen molar-refractivity contribution in [2.45, 2.75) is 32.4 Å². The third-order valence-electron chi connectivity index (χ3n) is 6.57. The SMILES string of the molecule is Cc1[nH]c2ccc(OCCN3CCCC3c3ccccc3)cc2c1C(=O)OCc1ccccc1. The fraction of sp³-hybridized carbons (Fsp3) is 0.276. The molecule has 0 saturated carbocycles. The van der Waals surface area contributed by atoms with Gasteiger partial charge in [0.15, 0.2) is 0 Å². The van der Waals surface area contributed by atoms with E-state index in [2.05, 4.69) is 40.2 Å². The molecule has 1 aliphatic rings. The van der Waals surface area contributed by atoms with Gasteiger partial charge >= 0.3 is 5.97 Å². The van der Waals surface area contributed by atoms with E-state index in [0.29, 0.717) is 18.2 Å². The maximum Gasteiger partial charge on any atom is 0.340 e. The summed E-state index contributed by atoms with van der Waals surface area (Å²) >= 11 is 0. The molecule has 0 amide bonds. The summed E-state index contributed by atoms with van der Waals surface area (Å²) in [6.45, 7) is 4.72. The molecule has 0 aliphatic carbocycles. The normalized spacial score (nSPS) is 16.1. The molecule has 4 aromatic rings. The summed E-state index contributed by atoms with van der Waals surface area (Å²) in [5.41, 5.74) is 4.62. The van der Waals surface area contributed by atoms with Crippen molar-refractivity contribution in [2.24, 2.45) is 0 Å². The molecule has 2 heterocycles. The highest BCUT2D eigenvalue weighted by molar-refractivity contribution is 6.05. The van der Waals surface area contributed by atoms with E-state index in [1.165, 1.54) is 18.4 Å². The highest BCUT2D eigenvalue weighted by Gasteiger charge is 2.25. The zero-order valence-corrected chi connectivity index (χ0v) is 19.5. The van der Waals surface area contributed by atoms with Crippen LogP contribution in [-0.2, 0) is 11.3 Å². The molecule has 5 heteroatoms. The van der Waals surface area contributed by atoms with Crippen LogP contribution in [0.4, 0.5) is 0 Å². The van der Waals surface area contributed by atoms with Crippen LogP contribution in [0.2, 0.25) is 0 Å². The first-order valence-electron chi connectivity index (χ1n) is 11.9. The number of ether oxygens (including phenoxy) is 2. The van der Waals surface area contributed by atoms with Gasteiger partial charge in [-0.1, -0.05) is 60.7 Å². The van der Waals surface area contributed by atoms with Crippen LogP contribution in [0.1, 0.15) is 46.1 Å². The monoisotopic (exact) mass is 454 g/mol. The molecule has 0 spiro atoms. The van der Waals surface area contributed by atoms with E-state index in [1.807, 2.05) is 55.5 Å². The lowest BCUT2D eigenvalue weighted by Gasteiger charge is -2.24. The van der Waals surface area contributed by atoms with Gasteiger partial charge in [0.25, 0.3) is 0 Å². The number of aryl methyl sites for hydroxylation is 1. The summed E-state index contributed by atoms with van der Waals surface area (Å²) in [6, 6.07) is 26.8. The van der Waals surface area contributed by atoms with Crippen LogP contribution >= 0.6 is 0 Å². The lowest BCUT2D eigenvalue weighted by Crippen LogP contribution is -2.28. The third-order valence-corrected chi connectivity index (χ3v) is 6.57. The molecule has 5 nitrogen and oxygen atoms in total. The maximum atomic E-state index is 12.9. The van der Waals surface area contributed by atoms with Crippen molar-refractivity contribution in [3.63, 3.8) is 0 Å². The Hall–Kier alpha value is -3.57. The van der Waals surface area contributed by atoms with Crippen LogP contribution in [0, 0.1) is 6.92 Å². The lowest BCUT2D eigenvalue weighted by atomic mass is 10.0. The number of esters is 1. The first kappa shape index (κ1) is 22.2. The number of nitrogens with one attached hydrogen (secondary N) is 1. The molecule has 1 fully saturated rings. The minimum absolute atomic E-state index is 0.250. The fourth-order valence-electron chi connectivity index (χ4n) is 4.88. The van der Waals surface area contributed by atoms with Gasteiger partial charge in [-0.3, -0.25) is 4.90 Å². The van der Waals surface area contributed by atoms with Gasteiger partial charge in [0.2, 0.25) is 0 Å². The number of aromatic amines is 1. The van der Waals surface area contributed by atoms with Crippen LogP contribution in [-0.4, -0.2) is 35.5 Å². The number of carbonyl (C=O) groups excluding carboxylic acids is 1. The van der Waals surface area contributed by atoms with Crippen molar-refractivity contribution in [1.82, 2.24) is 9.88 Å². The summed E-state index contributed by atoms with van der Waals surface area (Å²) in [4.78, 5) is 18.7. The number of H-pyrrole nitrogens is 1. The number of hydrogen-bond acceptors (Lipinski definition) is 4. The number of hydrogen-bond donors (Lipinski definition) is 1. The topological polar surface area (TPSA) is 54.6 Å². The van der Waals surface area contributed by atoms with Crippen molar-refractivity contribution < 1.29 is 14.3 Å². The predicted molar refractivity (Wildman–Crippen MR) is 134 cm³/mol. The summed E-state index contributed by atoms with van der Waals surface area (Å²) in [7, 11) is 0. The molecule has 174 valence electrons. The minimum atomic E-state index is -0.326. The molecular weight excluding hydrogens is 424 g/mol. The Labute approximate surface area is 200 Å². The van der Waals surface area contributed by atoms with Gasteiger partial charge in [-0.25, -0.2) is 4.79 Å². The molecule has 1 N–H and O–H groups in total. The van der Waals surface area contributed by atoms with Gasteiger partial charge in [0.05, 0.1) is 5.56 Å². The Morgan fingerprint density at radius 3 is 2.59 bits per heavy atom. The first-order valence-corrected chi connectivity index (χ1v) is 11.9. The van der Waals surface area contributed by atoms with E-state index in [-0.39, 0.29) is 12.6 Å². The quantitative estimate of drug-likeness (QED) is 0.329. The van der Waals surface area contributed by atoms with Crippen molar-refractivity contribution in [3.05, 3.63) is 101 Å². The molecule has 1 unspecified atom stereocenters. The third kappa shape index (κ3) is 4.85. The standard InChI is InChI=1S/C29H30N2O3/c1-21-28(29(32)34-20-22-9-4-2-5-10-22)25-19-24(14-15-26(25)30-21)33-18-17-31-16-8-13-27(31)23-11-6-3-7-12-23/h2-7,9-12,14-15,19,27,30H,8,13,16-18,20H2,1H3. The molecule has 0 radical (unpaired) electrons. The number of nitrogens with zero attached hydrogens (tertiary/aromatic N) is 1. The second kappa shape index (κ2) is 10.1. The van der Waals surface area contributed by atoms with E-state index in [4.69, 9.17) is 9.47 Å². The number of carbonyl (C=O) groups is 1. The molecule has 1 atom stereocenters. The Morgan fingerprint density at radius 2 is 1.79 bits per heavy atom. The zero-order chi connectivity index (χ0) is 23.3. The number of benzene rings is 3. The van der Waals surface area contributed by atoms with Gasteiger partial charge in [-0.2, -0.15) is 0 Å². The largest absolute Gasteiger partial charge is 0.492 e. The Morgan fingerprint density at radius 1 is 1.03 bits per heavy atom. The van der Waals surface area contributed by atoms with Crippen molar-refractivity contribution >= 4 is 16.9 Å². The fourth-order valence-corrected chi connectivity index (χ4v) is 4.88. The van der Waals surface area contributed by atoms with Gasteiger partial charge in [-0.15, -0.1) is 0 Å². The molecule has 34 heavy (non-hydrogen) atoms. The molecule has 1 aliphatic heterocycles. The Bertz CT molecular complexity index is 1250. The second-order valence-electron chi connectivity index (χ2n) is 8.85. The zero-order valence-electron chi connectivity index (χ0n) is 19.5. The smallest absolute Gasteiger partial charge is 0.340 e. The van der Waals surface area contributed by atoms with Gasteiger partial charge in [0, 0.05) is 29.2 Å². The summed E-state index contributed by atoms with van der Waals surface area (Å²) < 4.78 is 11.7. The lowest BCUT2D eigenvalue weighted by molar-refractivity contribution is 0.0474. The van der Waals surface area contributed by atoms with Crippen LogP contribution in [0.5, 0.6) is 5.75 Å². The number of fused-ring (bicyclic) bond motifs is 1. The van der Waals surface area contributed by atoms with Gasteiger partial charge in [0.1, 0.15) is 19.0 Å². The average Bonchev–Trinajstić information content (AvgIpc) is 3.47. The van der Waals surface area contributed by atoms with Crippen molar-refractivity contribution in [3.8, 4) is 5.75 Å². The summed E-state index contributed by atoms with van der Waals surface area (Å²) in [5, 5.41) is 0.830. The van der Waals surface area contributed by atoms with Gasteiger partial charge in [-0.05, 0) is 55.6 Å². The molecule has 0 bridgehead atoms. The van der Waals surface area contributed by atoms with Crippen LogP contribution in [0.25, 0.3) is 10.9 Å². The summed E-state index contributed by atoms with van der Waals surface area (Å²) in [6.07, 6.45) is 2.40. The van der Waals surface area contributed by atoms with E-state index in [9.17, 15) is 4.79 Å². The van der Waals surface area contributed by atoms with Crippen molar-refractivity contribution in [2.75, 3.05) is 19.7 Å². The molecule has 5 rings (SSSR count). The van der Waals surface area contributed by atoms with E-state index < -0.39 is 0 Å². The highest BCUT2D eigenvalue weighted by Crippen LogP contribution is 2.32. The highest BCUT2D eigenvalue weighted by atomic mass is 16.5. The Kier molecular flexibility index (Phi) is 6.63. The van der Waals surface area contributed by atoms with Crippen molar-refractivity contribution in [1.29, 1.82) is 0 Å². The first-order chi connectivity index (χ1) is 16.7. The van der Waals surface area contributed by atoms with Gasteiger partial charge < -0.3 is 14.5 Å². The number of rotatable bonds is 8. The van der Waals surface area contributed by atoms with Crippen LogP contribution < -0.4 is 4.74 Å². The Balaban J connectivity index is 1.24. The second-order valence-corrected chi connectivity index (χ2v) is 8.85.